The van der Waals surface area contributed by atoms with Crippen molar-refractivity contribution >= 4 is 21.6 Å². The second-order valence-corrected chi connectivity index (χ2v) is 8.42. The number of hydrogen-bond donors (Lipinski definition) is 0. The first-order valence-electron chi connectivity index (χ1n) is 8.69. The van der Waals surface area contributed by atoms with E-state index in [0.29, 0.717) is 30.3 Å². The molecule has 1 amide bonds. The van der Waals surface area contributed by atoms with Crippen LogP contribution in [0.15, 0.2) is 18.2 Å². The molecule has 2 heterocycles. The van der Waals surface area contributed by atoms with Crippen LogP contribution in [-0.2, 0) is 14.8 Å². The fourth-order valence-electron chi connectivity index (χ4n) is 3.09. The third kappa shape index (κ3) is 4.00. The highest BCUT2D eigenvalue weighted by Crippen LogP contribution is 2.36. The number of rotatable bonds is 5. The van der Waals surface area contributed by atoms with Crippen LogP contribution in [0.2, 0.25) is 0 Å². The second kappa shape index (κ2) is 7.51. The maximum atomic E-state index is 12.7. The summed E-state index contributed by atoms with van der Waals surface area (Å²) in [6.45, 7) is 2.90. The number of carbonyl (C=O) groups is 1. The molecule has 0 radical (unpaired) electrons. The van der Waals surface area contributed by atoms with Gasteiger partial charge in [-0.2, -0.15) is 0 Å². The van der Waals surface area contributed by atoms with Gasteiger partial charge >= 0.3 is 0 Å². The van der Waals surface area contributed by atoms with Crippen LogP contribution < -0.4 is 13.8 Å². The SMILES string of the molecule is CCS(=O)(=O)N(CC(=O)N1CCCCCC1)c1ccc2c(c1)OCO2. The lowest BCUT2D eigenvalue weighted by molar-refractivity contribution is -0.129. The number of fused-ring (bicyclic) bond motifs is 1. The summed E-state index contributed by atoms with van der Waals surface area (Å²) >= 11 is 0. The van der Waals surface area contributed by atoms with Crippen LogP contribution in [0.3, 0.4) is 0 Å². The molecule has 2 aliphatic heterocycles. The van der Waals surface area contributed by atoms with Crippen LogP contribution in [0, 0.1) is 0 Å². The Bertz CT molecular complexity index is 727. The molecule has 3 rings (SSSR count). The Balaban J connectivity index is 1.84. The monoisotopic (exact) mass is 368 g/mol. The predicted octanol–water partition coefficient (Wildman–Crippen LogP) is 1.97. The van der Waals surface area contributed by atoms with E-state index in [1.807, 2.05) is 0 Å². The average Bonchev–Trinajstić information content (AvgIpc) is 2.90. The highest BCUT2D eigenvalue weighted by atomic mass is 32.2. The van der Waals surface area contributed by atoms with Crippen molar-refractivity contribution in [2.75, 3.05) is 36.5 Å². The molecular formula is C17H24N2O5S. The van der Waals surface area contributed by atoms with E-state index in [-0.39, 0.29) is 25.0 Å². The van der Waals surface area contributed by atoms with Crippen molar-refractivity contribution in [2.24, 2.45) is 0 Å². The van der Waals surface area contributed by atoms with Crippen LogP contribution in [0.5, 0.6) is 11.5 Å². The lowest BCUT2D eigenvalue weighted by Gasteiger charge is -2.27. The van der Waals surface area contributed by atoms with E-state index in [0.717, 1.165) is 25.7 Å². The molecule has 1 saturated heterocycles. The molecule has 0 bridgehead atoms. The molecule has 0 aliphatic carbocycles. The normalized spacial score (nSPS) is 17.2. The Morgan fingerprint density at radius 1 is 1.12 bits per heavy atom. The Kier molecular flexibility index (Phi) is 5.36. The molecule has 0 unspecified atom stereocenters. The predicted molar refractivity (Wildman–Crippen MR) is 94.4 cm³/mol. The van der Waals surface area contributed by atoms with E-state index >= 15 is 0 Å². The van der Waals surface area contributed by atoms with Crippen LogP contribution in [-0.4, -0.2) is 51.4 Å². The van der Waals surface area contributed by atoms with Gasteiger partial charge in [-0.05, 0) is 31.9 Å². The zero-order valence-electron chi connectivity index (χ0n) is 14.4. The maximum Gasteiger partial charge on any atom is 0.243 e. The van der Waals surface area contributed by atoms with E-state index in [1.165, 1.54) is 4.31 Å². The van der Waals surface area contributed by atoms with E-state index in [9.17, 15) is 13.2 Å². The lowest BCUT2D eigenvalue weighted by atomic mass is 10.2. The summed E-state index contributed by atoms with van der Waals surface area (Å²) in [6.07, 6.45) is 4.17. The summed E-state index contributed by atoms with van der Waals surface area (Å²) in [5.41, 5.74) is 0.425. The molecule has 0 spiro atoms. The van der Waals surface area contributed by atoms with E-state index in [2.05, 4.69) is 0 Å². The summed E-state index contributed by atoms with van der Waals surface area (Å²) in [5.74, 6) is 0.846. The summed E-state index contributed by atoms with van der Waals surface area (Å²) in [7, 11) is -3.58. The van der Waals surface area contributed by atoms with Gasteiger partial charge in [0.15, 0.2) is 11.5 Å². The molecule has 0 N–H and O–H groups in total. The quantitative estimate of drug-likeness (QED) is 0.794. The van der Waals surface area contributed by atoms with E-state index < -0.39 is 10.0 Å². The third-order valence-electron chi connectivity index (χ3n) is 4.58. The molecular weight excluding hydrogens is 344 g/mol. The number of amides is 1. The fourth-order valence-corrected chi connectivity index (χ4v) is 4.14. The average molecular weight is 368 g/mol. The molecule has 0 saturated carbocycles. The smallest absolute Gasteiger partial charge is 0.243 e. The molecule has 138 valence electrons. The van der Waals surface area contributed by atoms with Gasteiger partial charge in [0.2, 0.25) is 22.7 Å². The fraction of sp³-hybridized carbons (Fsp3) is 0.588. The van der Waals surface area contributed by atoms with Crippen molar-refractivity contribution in [3.63, 3.8) is 0 Å². The second-order valence-electron chi connectivity index (χ2n) is 6.24. The molecule has 8 heteroatoms. The third-order valence-corrected chi connectivity index (χ3v) is 6.32. The number of nitrogens with zero attached hydrogens (tertiary/aromatic N) is 2. The van der Waals surface area contributed by atoms with Gasteiger partial charge in [0.1, 0.15) is 6.54 Å². The Labute approximate surface area is 148 Å². The molecule has 1 aromatic rings. The van der Waals surface area contributed by atoms with Crippen LogP contribution in [0.4, 0.5) is 5.69 Å². The number of carbonyl (C=O) groups excluding carboxylic acids is 1. The molecule has 1 fully saturated rings. The summed E-state index contributed by atoms with van der Waals surface area (Å²) < 4.78 is 36.9. The van der Waals surface area contributed by atoms with Crippen LogP contribution >= 0.6 is 0 Å². The summed E-state index contributed by atoms with van der Waals surface area (Å²) in [5, 5.41) is 0. The highest BCUT2D eigenvalue weighted by Gasteiger charge is 2.28. The Morgan fingerprint density at radius 2 is 1.80 bits per heavy atom. The molecule has 2 aliphatic rings. The van der Waals surface area contributed by atoms with Gasteiger partial charge in [-0.3, -0.25) is 9.10 Å². The number of benzene rings is 1. The van der Waals surface area contributed by atoms with Gasteiger partial charge in [-0.15, -0.1) is 0 Å². The van der Waals surface area contributed by atoms with Crippen LogP contribution in [0.25, 0.3) is 0 Å². The van der Waals surface area contributed by atoms with Crippen molar-refractivity contribution in [3.8, 4) is 11.5 Å². The van der Waals surface area contributed by atoms with Crippen LogP contribution in [0.1, 0.15) is 32.6 Å². The van der Waals surface area contributed by atoms with E-state index in [1.54, 1.807) is 30.0 Å². The first kappa shape index (κ1) is 17.8. The zero-order chi connectivity index (χ0) is 17.9. The van der Waals surface area contributed by atoms with Gasteiger partial charge in [-0.1, -0.05) is 12.8 Å². The standard InChI is InChI=1S/C17H24N2O5S/c1-2-25(21,22)19(12-17(20)18-9-5-3-4-6-10-18)14-7-8-15-16(11-14)24-13-23-15/h7-8,11H,2-6,9-10,12-13H2,1H3. The van der Waals surface area contributed by atoms with Gasteiger partial charge in [0.25, 0.3) is 0 Å². The molecule has 7 nitrogen and oxygen atoms in total. The van der Waals surface area contributed by atoms with Crippen molar-refractivity contribution in [2.45, 2.75) is 32.6 Å². The van der Waals surface area contributed by atoms with Crippen molar-refractivity contribution < 1.29 is 22.7 Å². The first-order chi connectivity index (χ1) is 12.0. The summed E-state index contributed by atoms with van der Waals surface area (Å²) in [6, 6.07) is 4.94. The largest absolute Gasteiger partial charge is 0.454 e. The molecule has 0 aromatic heterocycles. The molecule has 25 heavy (non-hydrogen) atoms. The minimum Gasteiger partial charge on any atom is -0.454 e. The maximum absolute atomic E-state index is 12.7. The topological polar surface area (TPSA) is 76.2 Å². The Morgan fingerprint density at radius 3 is 2.48 bits per heavy atom. The first-order valence-corrected chi connectivity index (χ1v) is 10.3. The minimum absolute atomic E-state index is 0.0747. The summed E-state index contributed by atoms with van der Waals surface area (Å²) in [4.78, 5) is 14.5. The number of anilines is 1. The van der Waals surface area contributed by atoms with Gasteiger partial charge in [0, 0.05) is 19.2 Å². The number of hydrogen-bond acceptors (Lipinski definition) is 5. The number of likely N-dealkylation sites (tertiary alicyclic amines) is 1. The molecule has 1 aromatic carbocycles. The van der Waals surface area contributed by atoms with Crippen molar-refractivity contribution in [3.05, 3.63) is 18.2 Å². The van der Waals surface area contributed by atoms with Gasteiger partial charge in [0.05, 0.1) is 11.4 Å². The molecule has 0 atom stereocenters. The minimum atomic E-state index is -3.58. The van der Waals surface area contributed by atoms with Gasteiger partial charge < -0.3 is 14.4 Å². The zero-order valence-corrected chi connectivity index (χ0v) is 15.3. The lowest BCUT2D eigenvalue weighted by Crippen LogP contribution is -2.44. The highest BCUT2D eigenvalue weighted by molar-refractivity contribution is 7.92. The van der Waals surface area contributed by atoms with Crippen molar-refractivity contribution in [1.82, 2.24) is 4.90 Å². The van der Waals surface area contributed by atoms with E-state index in [4.69, 9.17) is 9.47 Å². The number of sulfonamides is 1. The van der Waals surface area contributed by atoms with Gasteiger partial charge in [-0.25, -0.2) is 8.42 Å². The van der Waals surface area contributed by atoms with Crippen molar-refractivity contribution in [1.29, 1.82) is 0 Å². The number of ether oxygens (including phenoxy) is 2. The Hall–Kier alpha value is -1.96.